The van der Waals surface area contributed by atoms with Gasteiger partial charge in [-0.2, -0.15) is 0 Å². The summed E-state index contributed by atoms with van der Waals surface area (Å²) in [5.41, 5.74) is 3.67. The minimum atomic E-state index is 0.356. The van der Waals surface area contributed by atoms with Crippen LogP contribution in [0.15, 0.2) is 85.5 Å². The first-order valence-corrected chi connectivity index (χ1v) is 16.9. The van der Waals surface area contributed by atoms with Crippen molar-refractivity contribution in [3.05, 3.63) is 85.5 Å². The molecule has 12 nitrogen and oxygen atoms in total. The standard InChI is InChI=1S/C38H46N2O10/c1-2-34-4-3-33(1)47-25-21-43-17-13-41-15-19-45-23-27-49-37-29-36(32-7-11-40-12-8-32)38(30-35(37)31-5-9-39-10-6-31)50-28-24-46-20-16-42-14-18-44-22-26-48-34/h1-12,29-30H,13-28H2. The highest BCUT2D eigenvalue weighted by molar-refractivity contribution is 5.81. The molecular weight excluding hydrogens is 644 g/mol. The van der Waals surface area contributed by atoms with Crippen molar-refractivity contribution < 1.29 is 47.4 Å². The second-order valence-corrected chi connectivity index (χ2v) is 10.9. The third kappa shape index (κ3) is 13.2. The number of benzene rings is 2. The van der Waals surface area contributed by atoms with Crippen LogP contribution in [0.4, 0.5) is 0 Å². The van der Waals surface area contributed by atoms with Gasteiger partial charge in [0.25, 0.3) is 0 Å². The molecule has 0 fully saturated rings. The number of hydrogen-bond acceptors (Lipinski definition) is 12. The average Bonchev–Trinajstić information content (AvgIpc) is 3.16. The molecule has 8 rings (SSSR count). The Morgan fingerprint density at radius 1 is 0.320 bits per heavy atom. The van der Waals surface area contributed by atoms with Crippen LogP contribution < -0.4 is 18.9 Å². The molecule has 4 aliphatic heterocycles. The summed E-state index contributed by atoms with van der Waals surface area (Å²) in [4.78, 5) is 8.37. The fourth-order valence-electron chi connectivity index (χ4n) is 4.89. The van der Waals surface area contributed by atoms with E-state index in [4.69, 9.17) is 47.4 Å². The molecule has 0 N–H and O–H groups in total. The molecule has 4 aliphatic rings. The molecule has 0 spiro atoms. The Morgan fingerprint density at radius 2 is 0.600 bits per heavy atom. The molecule has 0 saturated carbocycles. The second-order valence-electron chi connectivity index (χ2n) is 10.9. The smallest absolute Gasteiger partial charge is 0.128 e. The van der Waals surface area contributed by atoms with Gasteiger partial charge < -0.3 is 47.4 Å². The van der Waals surface area contributed by atoms with Crippen LogP contribution in [0.5, 0.6) is 23.0 Å². The minimum absolute atomic E-state index is 0.356. The van der Waals surface area contributed by atoms with Crippen molar-refractivity contribution >= 4 is 0 Å². The van der Waals surface area contributed by atoms with E-state index in [1.165, 1.54) is 0 Å². The Kier molecular flexibility index (Phi) is 16.6. The molecule has 0 unspecified atom stereocenters. The van der Waals surface area contributed by atoms with Crippen molar-refractivity contribution in [2.24, 2.45) is 0 Å². The largest absolute Gasteiger partial charge is 0.491 e. The maximum atomic E-state index is 6.29. The van der Waals surface area contributed by atoms with Crippen LogP contribution in [0.25, 0.3) is 22.3 Å². The molecule has 12 heteroatoms. The molecule has 268 valence electrons. The highest BCUT2D eigenvalue weighted by Crippen LogP contribution is 2.41. The first-order valence-electron chi connectivity index (χ1n) is 16.9. The van der Waals surface area contributed by atoms with Gasteiger partial charge in [-0.1, -0.05) is 0 Å². The van der Waals surface area contributed by atoms with Crippen LogP contribution in [0.2, 0.25) is 0 Å². The van der Waals surface area contributed by atoms with Crippen LogP contribution in [0.3, 0.4) is 0 Å². The lowest BCUT2D eigenvalue weighted by molar-refractivity contribution is 0.00472. The third-order valence-electron chi connectivity index (χ3n) is 7.34. The summed E-state index contributed by atoms with van der Waals surface area (Å²) < 4.78 is 58.1. The first-order chi connectivity index (χ1) is 24.9. The number of hydrogen-bond donors (Lipinski definition) is 0. The van der Waals surface area contributed by atoms with Gasteiger partial charge in [0.15, 0.2) is 0 Å². The summed E-state index contributed by atoms with van der Waals surface area (Å²) in [6.45, 7) is 6.98. The second kappa shape index (κ2) is 22.4. The minimum Gasteiger partial charge on any atom is -0.491 e. The fourth-order valence-corrected chi connectivity index (χ4v) is 4.89. The lowest BCUT2D eigenvalue weighted by Gasteiger charge is -2.18. The van der Waals surface area contributed by atoms with Crippen LogP contribution >= 0.6 is 0 Å². The SMILES string of the molecule is c1cc(-c2cc3c(-c4ccncc4)cc2OCCOCCOCCOCCOc2ccc(cc2)OCCOCCOCCOCCO3)ccn1. The zero-order chi connectivity index (χ0) is 34.3. The molecule has 0 saturated heterocycles. The molecule has 4 bridgehead atoms. The van der Waals surface area contributed by atoms with Crippen molar-refractivity contribution in [1.29, 1.82) is 0 Å². The lowest BCUT2D eigenvalue weighted by atomic mass is 9.99. The molecule has 50 heavy (non-hydrogen) atoms. The highest BCUT2D eigenvalue weighted by Gasteiger charge is 2.16. The number of pyridine rings is 2. The Balaban J connectivity index is 1.17. The Bertz CT molecular complexity index is 1370. The van der Waals surface area contributed by atoms with Gasteiger partial charge in [-0.15, -0.1) is 0 Å². The summed E-state index contributed by atoms with van der Waals surface area (Å²) in [5.74, 6) is 2.91. The fraction of sp³-hybridized carbons (Fsp3) is 0.421. The van der Waals surface area contributed by atoms with Crippen molar-refractivity contribution in [3.63, 3.8) is 0 Å². The molecular formula is C38H46N2O10. The first kappa shape index (κ1) is 37.0. The van der Waals surface area contributed by atoms with E-state index in [2.05, 4.69) is 9.97 Å². The number of aromatic nitrogens is 2. The predicted octanol–water partition coefficient (Wildman–Crippen LogP) is 5.14. The van der Waals surface area contributed by atoms with E-state index in [1.807, 2.05) is 60.7 Å². The van der Waals surface area contributed by atoms with Gasteiger partial charge in [-0.3, -0.25) is 9.97 Å². The Morgan fingerprint density at radius 3 is 0.920 bits per heavy atom. The normalized spacial score (nSPS) is 17.3. The van der Waals surface area contributed by atoms with E-state index in [0.29, 0.717) is 117 Å². The van der Waals surface area contributed by atoms with Crippen LogP contribution in [0, 0.1) is 0 Å². The number of ether oxygens (including phenoxy) is 10. The van der Waals surface area contributed by atoms with Gasteiger partial charge in [0.1, 0.15) is 49.4 Å². The molecule has 4 aromatic rings. The maximum Gasteiger partial charge on any atom is 0.128 e. The van der Waals surface area contributed by atoms with Crippen LogP contribution in [-0.2, 0) is 28.4 Å². The lowest BCUT2D eigenvalue weighted by Crippen LogP contribution is -2.15. The molecule has 0 aliphatic carbocycles. The summed E-state index contributed by atoms with van der Waals surface area (Å²) in [5, 5.41) is 0. The van der Waals surface area contributed by atoms with E-state index >= 15 is 0 Å². The van der Waals surface area contributed by atoms with Gasteiger partial charge >= 0.3 is 0 Å². The van der Waals surface area contributed by atoms with E-state index in [9.17, 15) is 0 Å². The number of nitrogens with zero attached hydrogens (tertiary/aromatic N) is 2. The van der Waals surface area contributed by atoms with Crippen molar-refractivity contribution in [3.8, 4) is 45.3 Å². The van der Waals surface area contributed by atoms with Gasteiger partial charge in [-0.05, 0) is 71.8 Å². The van der Waals surface area contributed by atoms with Crippen molar-refractivity contribution in [1.82, 2.24) is 9.97 Å². The van der Waals surface area contributed by atoms with Crippen molar-refractivity contribution in [2.75, 3.05) is 106 Å². The van der Waals surface area contributed by atoms with Crippen LogP contribution in [0.1, 0.15) is 0 Å². The topological polar surface area (TPSA) is 118 Å². The molecule has 2 aromatic carbocycles. The maximum absolute atomic E-state index is 6.29. The Hall–Kier alpha value is -4.30. The molecule has 6 heterocycles. The van der Waals surface area contributed by atoms with Crippen molar-refractivity contribution in [2.45, 2.75) is 0 Å². The quantitative estimate of drug-likeness (QED) is 0.277. The highest BCUT2D eigenvalue weighted by atomic mass is 16.6. The predicted molar refractivity (Wildman–Crippen MR) is 186 cm³/mol. The summed E-state index contributed by atoms with van der Waals surface area (Å²) in [7, 11) is 0. The summed E-state index contributed by atoms with van der Waals surface area (Å²) >= 11 is 0. The number of rotatable bonds is 2. The third-order valence-corrected chi connectivity index (χ3v) is 7.34. The van der Waals surface area contributed by atoms with E-state index in [-0.39, 0.29) is 0 Å². The molecule has 0 atom stereocenters. The van der Waals surface area contributed by atoms with Crippen LogP contribution in [-0.4, -0.2) is 116 Å². The van der Waals surface area contributed by atoms with E-state index < -0.39 is 0 Å². The Labute approximate surface area is 293 Å². The van der Waals surface area contributed by atoms with Gasteiger partial charge in [0, 0.05) is 35.9 Å². The average molecular weight is 691 g/mol. The molecule has 0 radical (unpaired) electrons. The van der Waals surface area contributed by atoms with E-state index in [1.54, 1.807) is 24.8 Å². The zero-order valence-corrected chi connectivity index (χ0v) is 28.4. The van der Waals surface area contributed by atoms with Gasteiger partial charge in [0.2, 0.25) is 0 Å². The van der Waals surface area contributed by atoms with Gasteiger partial charge in [0.05, 0.1) is 79.3 Å². The molecule has 2 aromatic heterocycles. The molecule has 0 amide bonds. The van der Waals surface area contributed by atoms with E-state index in [0.717, 1.165) is 33.8 Å². The summed E-state index contributed by atoms with van der Waals surface area (Å²) in [6, 6.07) is 19.2. The monoisotopic (exact) mass is 690 g/mol. The summed E-state index contributed by atoms with van der Waals surface area (Å²) in [6.07, 6.45) is 7.02. The van der Waals surface area contributed by atoms with Gasteiger partial charge in [-0.25, -0.2) is 0 Å². The zero-order valence-electron chi connectivity index (χ0n) is 28.4.